The van der Waals surface area contributed by atoms with Gasteiger partial charge in [-0.1, -0.05) is 0 Å². The van der Waals surface area contributed by atoms with E-state index in [4.69, 9.17) is 10.8 Å². The second-order valence-corrected chi connectivity index (χ2v) is 4.15. The predicted molar refractivity (Wildman–Crippen MR) is 59.3 cm³/mol. The van der Waals surface area contributed by atoms with Crippen LogP contribution in [-0.2, 0) is 4.79 Å². The van der Waals surface area contributed by atoms with Crippen LogP contribution < -0.4 is 11.1 Å². The molecule has 88 valence electrons. The topological polar surface area (TPSA) is 105 Å². The van der Waals surface area contributed by atoms with Crippen molar-refractivity contribution >= 4 is 23.2 Å². The largest absolute Gasteiger partial charge is 0.481 e. The molecular formula is C9H13N3O3S. The molecule has 1 unspecified atom stereocenters. The van der Waals surface area contributed by atoms with Gasteiger partial charge in [-0.25, -0.2) is 4.98 Å². The lowest BCUT2D eigenvalue weighted by Crippen LogP contribution is -2.26. The number of nitrogens with one attached hydrogen (secondary N) is 1. The highest BCUT2D eigenvalue weighted by molar-refractivity contribution is 7.09. The summed E-state index contributed by atoms with van der Waals surface area (Å²) in [5, 5.41) is 13.1. The maximum atomic E-state index is 11.5. The molecule has 0 aliphatic carbocycles. The lowest BCUT2D eigenvalue weighted by Gasteiger charge is -2.00. The molecule has 0 bridgehead atoms. The molecule has 0 fully saturated rings. The number of nitrogens with two attached hydrogens (primary N) is 1. The first-order valence-electron chi connectivity index (χ1n) is 4.71. The van der Waals surface area contributed by atoms with E-state index in [9.17, 15) is 9.59 Å². The Morgan fingerprint density at radius 3 is 2.88 bits per heavy atom. The van der Waals surface area contributed by atoms with Crippen molar-refractivity contribution in [3.05, 3.63) is 16.1 Å². The molecule has 16 heavy (non-hydrogen) atoms. The van der Waals surface area contributed by atoms with Crippen LogP contribution in [0.5, 0.6) is 0 Å². The van der Waals surface area contributed by atoms with Gasteiger partial charge in [0, 0.05) is 11.9 Å². The number of nitrogens with zero attached hydrogens (tertiary/aromatic N) is 1. The van der Waals surface area contributed by atoms with E-state index in [2.05, 4.69) is 10.3 Å². The number of carbonyl (C=O) groups excluding carboxylic acids is 1. The summed E-state index contributed by atoms with van der Waals surface area (Å²) < 4.78 is 0. The van der Waals surface area contributed by atoms with Crippen LogP contribution in [0, 0.1) is 0 Å². The molecule has 0 aromatic carbocycles. The number of carboxylic acid groups (broad SMARTS) is 1. The maximum absolute atomic E-state index is 11.5. The molecule has 1 aromatic heterocycles. The number of hydrogen-bond acceptors (Lipinski definition) is 5. The minimum Gasteiger partial charge on any atom is -0.481 e. The van der Waals surface area contributed by atoms with Gasteiger partial charge in [0.15, 0.2) is 0 Å². The minimum absolute atomic E-state index is 0.0964. The fourth-order valence-corrected chi connectivity index (χ4v) is 1.73. The normalized spacial score (nSPS) is 12.1. The quantitative estimate of drug-likeness (QED) is 0.692. The summed E-state index contributed by atoms with van der Waals surface area (Å²) in [5.41, 5.74) is 5.89. The zero-order valence-electron chi connectivity index (χ0n) is 8.77. The Hall–Kier alpha value is -1.47. The van der Waals surface area contributed by atoms with Crippen molar-refractivity contribution in [1.82, 2.24) is 10.3 Å². The van der Waals surface area contributed by atoms with Crippen LogP contribution in [0.25, 0.3) is 0 Å². The number of aliphatic carboxylic acids is 1. The number of amides is 1. The molecule has 1 rings (SSSR count). The fourth-order valence-electron chi connectivity index (χ4n) is 0.975. The van der Waals surface area contributed by atoms with E-state index in [-0.39, 0.29) is 30.6 Å². The first-order valence-corrected chi connectivity index (χ1v) is 5.59. The van der Waals surface area contributed by atoms with Gasteiger partial charge in [-0.3, -0.25) is 9.59 Å². The maximum Gasteiger partial charge on any atom is 0.305 e. The zero-order valence-corrected chi connectivity index (χ0v) is 9.58. The Kier molecular flexibility index (Phi) is 4.39. The minimum atomic E-state index is -0.949. The highest BCUT2D eigenvalue weighted by atomic mass is 32.1. The average molecular weight is 243 g/mol. The van der Waals surface area contributed by atoms with E-state index in [1.807, 2.05) is 0 Å². The molecule has 1 aromatic rings. The molecule has 6 nitrogen and oxygen atoms in total. The van der Waals surface area contributed by atoms with Gasteiger partial charge in [0.25, 0.3) is 5.91 Å². The molecule has 0 aliphatic heterocycles. The standard InChI is InChI=1S/C9H13N3O3S/c1-5(10)9-12-6(4-16-9)8(15)11-3-2-7(13)14/h4-5H,2-3,10H2,1H3,(H,11,15)(H,13,14). The molecule has 7 heteroatoms. The van der Waals surface area contributed by atoms with E-state index in [0.717, 1.165) is 0 Å². The summed E-state index contributed by atoms with van der Waals surface area (Å²) in [7, 11) is 0. The van der Waals surface area contributed by atoms with Crippen LogP contribution >= 0.6 is 11.3 Å². The highest BCUT2D eigenvalue weighted by Gasteiger charge is 2.12. The molecule has 0 saturated carbocycles. The van der Waals surface area contributed by atoms with E-state index >= 15 is 0 Å². The fraction of sp³-hybridized carbons (Fsp3) is 0.444. The van der Waals surface area contributed by atoms with Crippen LogP contribution in [0.4, 0.5) is 0 Å². The Morgan fingerprint density at radius 2 is 2.38 bits per heavy atom. The summed E-state index contributed by atoms with van der Waals surface area (Å²) in [5.74, 6) is -1.32. The van der Waals surface area contributed by atoms with Crippen LogP contribution in [0.2, 0.25) is 0 Å². The molecule has 0 spiro atoms. The molecule has 0 aliphatic rings. The van der Waals surface area contributed by atoms with Crippen LogP contribution in [0.3, 0.4) is 0 Å². The highest BCUT2D eigenvalue weighted by Crippen LogP contribution is 2.15. The van der Waals surface area contributed by atoms with Crippen molar-refractivity contribution in [3.8, 4) is 0 Å². The molecule has 0 radical (unpaired) electrons. The third kappa shape index (κ3) is 3.59. The second kappa shape index (κ2) is 5.57. The van der Waals surface area contributed by atoms with Gasteiger partial charge < -0.3 is 16.2 Å². The van der Waals surface area contributed by atoms with Gasteiger partial charge in [-0.15, -0.1) is 11.3 Å². The number of thiazole rings is 1. The zero-order chi connectivity index (χ0) is 12.1. The SMILES string of the molecule is CC(N)c1nc(C(=O)NCCC(=O)O)cs1. The predicted octanol–water partition coefficient (Wildman–Crippen LogP) is 0.367. The van der Waals surface area contributed by atoms with Crippen molar-refractivity contribution in [3.63, 3.8) is 0 Å². The number of carbonyl (C=O) groups is 2. The van der Waals surface area contributed by atoms with E-state index < -0.39 is 5.97 Å². The average Bonchev–Trinajstić information content (AvgIpc) is 2.65. The monoisotopic (exact) mass is 243 g/mol. The number of hydrogen-bond donors (Lipinski definition) is 3. The summed E-state index contributed by atoms with van der Waals surface area (Å²) in [6.07, 6.45) is -0.101. The first-order chi connectivity index (χ1) is 7.50. The van der Waals surface area contributed by atoms with E-state index in [1.165, 1.54) is 11.3 Å². The van der Waals surface area contributed by atoms with Gasteiger partial charge in [-0.2, -0.15) is 0 Å². The third-order valence-corrected chi connectivity index (χ3v) is 2.81. The van der Waals surface area contributed by atoms with Gasteiger partial charge in [0.1, 0.15) is 10.7 Å². The molecule has 4 N–H and O–H groups in total. The van der Waals surface area contributed by atoms with Gasteiger partial charge in [0.2, 0.25) is 0 Å². The van der Waals surface area contributed by atoms with Crippen molar-refractivity contribution in [2.75, 3.05) is 6.54 Å². The van der Waals surface area contributed by atoms with Crippen LogP contribution in [-0.4, -0.2) is 28.5 Å². The summed E-state index contributed by atoms with van der Waals surface area (Å²) in [6.45, 7) is 1.88. The summed E-state index contributed by atoms with van der Waals surface area (Å²) in [4.78, 5) is 25.7. The Bertz CT molecular complexity index is 389. The van der Waals surface area contributed by atoms with Crippen molar-refractivity contribution in [2.24, 2.45) is 5.73 Å². The lowest BCUT2D eigenvalue weighted by molar-refractivity contribution is -0.136. The Balaban J connectivity index is 2.49. The van der Waals surface area contributed by atoms with Gasteiger partial charge >= 0.3 is 5.97 Å². The summed E-state index contributed by atoms with van der Waals surface area (Å²) >= 11 is 1.31. The molecular weight excluding hydrogens is 230 g/mol. The van der Waals surface area contributed by atoms with Gasteiger partial charge in [-0.05, 0) is 6.92 Å². The Labute approximate surface area is 96.5 Å². The molecule has 1 amide bonds. The molecule has 1 atom stereocenters. The van der Waals surface area contributed by atoms with Crippen molar-refractivity contribution < 1.29 is 14.7 Å². The van der Waals surface area contributed by atoms with E-state index in [1.54, 1.807) is 12.3 Å². The van der Waals surface area contributed by atoms with E-state index in [0.29, 0.717) is 5.01 Å². The van der Waals surface area contributed by atoms with Crippen molar-refractivity contribution in [1.29, 1.82) is 0 Å². The molecule has 0 saturated heterocycles. The number of rotatable bonds is 5. The summed E-state index contributed by atoms with van der Waals surface area (Å²) in [6, 6.07) is -0.203. The van der Waals surface area contributed by atoms with Crippen molar-refractivity contribution in [2.45, 2.75) is 19.4 Å². The van der Waals surface area contributed by atoms with Gasteiger partial charge in [0.05, 0.1) is 12.5 Å². The second-order valence-electron chi connectivity index (χ2n) is 3.26. The van der Waals surface area contributed by atoms with Crippen LogP contribution in [0.15, 0.2) is 5.38 Å². The number of carboxylic acids is 1. The number of aromatic nitrogens is 1. The lowest BCUT2D eigenvalue weighted by atomic mass is 10.3. The first kappa shape index (κ1) is 12.6. The van der Waals surface area contributed by atoms with Crippen LogP contribution in [0.1, 0.15) is 34.9 Å². The molecule has 1 heterocycles. The third-order valence-electron chi connectivity index (χ3n) is 1.77. The Morgan fingerprint density at radius 1 is 1.69 bits per heavy atom. The smallest absolute Gasteiger partial charge is 0.305 e.